The monoisotopic (exact) mass is 360 g/mol. The van der Waals surface area contributed by atoms with Gasteiger partial charge in [0.15, 0.2) is 0 Å². The van der Waals surface area contributed by atoms with Crippen molar-refractivity contribution < 1.29 is 25.8 Å². The van der Waals surface area contributed by atoms with Gasteiger partial charge in [0.2, 0.25) is 0 Å². The van der Waals surface area contributed by atoms with E-state index in [4.69, 9.17) is 10.2 Å². The van der Waals surface area contributed by atoms with Gasteiger partial charge in [0, 0.05) is 6.54 Å². The number of aromatic carboxylic acids is 1. The molecule has 6 N–H and O–H groups in total. The van der Waals surface area contributed by atoms with Crippen LogP contribution >= 0.6 is 23.1 Å². The minimum absolute atomic E-state index is 0.0311. The van der Waals surface area contributed by atoms with Gasteiger partial charge in [-0.3, -0.25) is 0 Å². The summed E-state index contributed by atoms with van der Waals surface area (Å²) >= 11 is 2.57. The van der Waals surface area contributed by atoms with Crippen molar-refractivity contribution in [1.29, 1.82) is 0 Å². The molecule has 0 bridgehead atoms. The topological polar surface area (TPSA) is 146 Å². The van der Waals surface area contributed by atoms with Gasteiger partial charge in [-0.15, -0.1) is 23.1 Å². The molecular formula is C13H20N4O4S2. The molecule has 0 amide bonds. The Kier molecular flexibility index (Phi) is 8.20. The zero-order chi connectivity index (χ0) is 17.4. The molecule has 23 heavy (non-hydrogen) atoms. The number of carbonyl (C=O) groups is 1. The van der Waals surface area contributed by atoms with Crippen molar-refractivity contribution in [2.75, 3.05) is 37.9 Å². The molecule has 0 fully saturated rings. The standard InChI is InChI=1S/C11H13N3O3S2.C2H7NO/c1-5-13-7-6(9(14-5)12-3-4-15)11(18-2)19-8(7)10(16)17;3-1-2-4/h15H,3-4H2,1-2H3,(H,16,17)(H,12,13,14);4H,1-3H2. The largest absolute Gasteiger partial charge is 0.544 e. The van der Waals surface area contributed by atoms with E-state index in [1.807, 2.05) is 6.26 Å². The number of nitrogens with one attached hydrogen (secondary N) is 1. The number of carbonyl (C=O) groups excluding carboxylic acids is 1. The molecule has 0 saturated carbocycles. The Morgan fingerprint density at radius 1 is 1.39 bits per heavy atom. The second kappa shape index (κ2) is 9.63. The lowest BCUT2D eigenvalue weighted by molar-refractivity contribution is -0.372. The van der Waals surface area contributed by atoms with Crippen molar-refractivity contribution in [1.82, 2.24) is 9.97 Å². The number of aliphatic hydroxyl groups is 2. The van der Waals surface area contributed by atoms with Gasteiger partial charge in [-0.2, -0.15) is 0 Å². The predicted octanol–water partition coefficient (Wildman–Crippen LogP) is -1.29. The van der Waals surface area contributed by atoms with Crippen LogP contribution in [0.1, 0.15) is 15.5 Å². The van der Waals surface area contributed by atoms with E-state index in [-0.39, 0.29) is 18.1 Å². The maximum atomic E-state index is 11.2. The third-order valence-electron chi connectivity index (χ3n) is 2.57. The van der Waals surface area contributed by atoms with Gasteiger partial charge in [0.05, 0.1) is 45.7 Å². The van der Waals surface area contributed by atoms with E-state index in [1.54, 1.807) is 6.92 Å². The van der Waals surface area contributed by atoms with E-state index in [9.17, 15) is 9.90 Å². The number of aromatic nitrogens is 2. The van der Waals surface area contributed by atoms with E-state index < -0.39 is 5.97 Å². The highest BCUT2D eigenvalue weighted by atomic mass is 32.2. The molecule has 2 heterocycles. The lowest BCUT2D eigenvalue weighted by Gasteiger charge is -2.07. The molecular weight excluding hydrogens is 340 g/mol. The van der Waals surface area contributed by atoms with Crippen LogP contribution in [0.2, 0.25) is 0 Å². The van der Waals surface area contributed by atoms with E-state index in [0.29, 0.717) is 35.6 Å². The first-order valence-electron chi connectivity index (χ1n) is 6.81. The average molecular weight is 360 g/mol. The third kappa shape index (κ3) is 5.01. The van der Waals surface area contributed by atoms with Gasteiger partial charge in [0.1, 0.15) is 11.6 Å². The molecule has 8 nitrogen and oxygen atoms in total. The Labute approximate surface area is 141 Å². The van der Waals surface area contributed by atoms with Crippen LogP contribution in [-0.4, -0.2) is 58.7 Å². The van der Waals surface area contributed by atoms with E-state index in [1.165, 1.54) is 11.8 Å². The van der Waals surface area contributed by atoms with E-state index >= 15 is 0 Å². The van der Waals surface area contributed by atoms with Crippen molar-refractivity contribution in [2.24, 2.45) is 0 Å². The second-order valence-electron chi connectivity index (χ2n) is 4.28. The molecule has 128 valence electrons. The number of carboxylic acids is 1. The number of anilines is 1. The highest BCUT2D eigenvalue weighted by Crippen LogP contribution is 2.39. The minimum Gasteiger partial charge on any atom is -0.544 e. The highest BCUT2D eigenvalue weighted by Gasteiger charge is 2.18. The van der Waals surface area contributed by atoms with E-state index in [2.05, 4.69) is 21.0 Å². The van der Waals surface area contributed by atoms with Crippen LogP contribution < -0.4 is 16.2 Å². The second-order valence-corrected chi connectivity index (χ2v) is 6.38. The molecule has 0 radical (unpaired) electrons. The van der Waals surface area contributed by atoms with Crippen molar-refractivity contribution in [3.63, 3.8) is 0 Å². The molecule has 0 aliphatic rings. The number of thiophene rings is 1. The molecule has 0 saturated heterocycles. The first-order chi connectivity index (χ1) is 11.0. The Morgan fingerprint density at radius 2 is 2.04 bits per heavy atom. The number of thioether (sulfide) groups is 1. The molecule has 0 aliphatic heterocycles. The lowest BCUT2D eigenvalue weighted by Crippen LogP contribution is -2.51. The summed E-state index contributed by atoms with van der Waals surface area (Å²) < 4.78 is 0.814. The number of hydrogen-bond donors (Lipinski definition) is 4. The van der Waals surface area contributed by atoms with Gasteiger partial charge < -0.3 is 31.2 Å². The Balaban J connectivity index is 0.000000593. The summed E-state index contributed by atoms with van der Waals surface area (Å²) in [4.78, 5) is 19.7. The Morgan fingerprint density at radius 3 is 2.52 bits per heavy atom. The van der Waals surface area contributed by atoms with Gasteiger partial charge in [-0.05, 0) is 13.2 Å². The van der Waals surface area contributed by atoms with Crippen LogP contribution in [-0.2, 0) is 0 Å². The highest BCUT2D eigenvalue weighted by molar-refractivity contribution is 8.00. The summed E-state index contributed by atoms with van der Waals surface area (Å²) in [5.41, 5.74) is 3.75. The fourth-order valence-corrected chi connectivity index (χ4v) is 3.50. The lowest BCUT2D eigenvalue weighted by atomic mass is 10.3. The first kappa shape index (κ1) is 19.6. The number of carboxylic acid groups (broad SMARTS) is 1. The molecule has 0 aliphatic carbocycles. The normalized spacial score (nSPS) is 10.3. The van der Waals surface area contributed by atoms with Crippen molar-refractivity contribution in [3.8, 4) is 0 Å². The van der Waals surface area contributed by atoms with Crippen molar-refractivity contribution >= 4 is 45.8 Å². The van der Waals surface area contributed by atoms with Crippen LogP contribution in [0.15, 0.2) is 4.21 Å². The van der Waals surface area contributed by atoms with Crippen LogP contribution in [0.3, 0.4) is 0 Å². The number of aryl methyl sites for hydroxylation is 1. The Bertz CT molecular complexity index is 661. The smallest absolute Gasteiger partial charge is 0.139 e. The van der Waals surface area contributed by atoms with Gasteiger partial charge in [0.25, 0.3) is 0 Å². The van der Waals surface area contributed by atoms with Crippen LogP contribution in [0, 0.1) is 6.92 Å². The fourth-order valence-electron chi connectivity index (χ4n) is 1.71. The maximum absolute atomic E-state index is 11.2. The molecule has 0 atom stereocenters. The molecule has 2 aromatic heterocycles. The maximum Gasteiger partial charge on any atom is 0.139 e. The van der Waals surface area contributed by atoms with Crippen LogP contribution in [0.4, 0.5) is 5.82 Å². The average Bonchev–Trinajstić information content (AvgIpc) is 2.91. The number of aliphatic hydroxyl groups excluding tert-OH is 2. The summed E-state index contributed by atoms with van der Waals surface area (Å²) in [6.07, 6.45) is 1.86. The predicted molar refractivity (Wildman–Crippen MR) is 88.7 cm³/mol. The van der Waals surface area contributed by atoms with Gasteiger partial charge in [-0.1, -0.05) is 0 Å². The molecule has 2 rings (SSSR count). The summed E-state index contributed by atoms with van der Waals surface area (Å²) in [6, 6.07) is 0. The van der Waals surface area contributed by atoms with Gasteiger partial charge in [-0.25, -0.2) is 9.97 Å². The molecule has 0 spiro atoms. The van der Waals surface area contributed by atoms with Crippen LogP contribution in [0.25, 0.3) is 10.9 Å². The molecule has 0 unspecified atom stereocenters. The van der Waals surface area contributed by atoms with E-state index in [0.717, 1.165) is 15.5 Å². The Hall–Kier alpha value is -1.46. The number of quaternary nitrogens is 1. The summed E-state index contributed by atoms with van der Waals surface area (Å²) in [7, 11) is 0. The summed E-state index contributed by atoms with van der Waals surface area (Å²) in [5.74, 6) is -0.216. The molecule has 2 aromatic rings. The number of nitrogens with zero attached hydrogens (tertiary/aromatic N) is 2. The molecule has 10 heteroatoms. The minimum atomic E-state index is -1.23. The SMILES string of the molecule is CSc1sc(C(=O)[O-])c2nc(C)nc(NCCO)c12.[NH3+]CCO. The zero-order valence-corrected chi connectivity index (χ0v) is 14.6. The third-order valence-corrected chi connectivity index (χ3v) is 4.85. The summed E-state index contributed by atoms with van der Waals surface area (Å²) in [5, 5.41) is 31.5. The number of hydrogen-bond acceptors (Lipinski definition) is 9. The quantitative estimate of drug-likeness (QED) is 0.465. The van der Waals surface area contributed by atoms with Crippen LogP contribution in [0.5, 0.6) is 0 Å². The van der Waals surface area contributed by atoms with Crippen molar-refractivity contribution in [3.05, 3.63) is 10.7 Å². The fraction of sp³-hybridized carbons (Fsp3) is 0.462. The molecule has 0 aromatic carbocycles. The first-order valence-corrected chi connectivity index (χ1v) is 8.85. The number of fused-ring (bicyclic) bond motifs is 1. The summed E-state index contributed by atoms with van der Waals surface area (Å²) in [6.45, 7) is 2.84. The van der Waals surface area contributed by atoms with Crippen molar-refractivity contribution in [2.45, 2.75) is 11.1 Å². The number of rotatable bonds is 6. The van der Waals surface area contributed by atoms with Gasteiger partial charge >= 0.3 is 0 Å². The zero-order valence-electron chi connectivity index (χ0n) is 13.0.